The number of pyridine rings is 1. The molecular weight excluding hydrogens is 272 g/mol. The molecule has 2 aromatic rings. The predicted octanol–water partition coefficient (Wildman–Crippen LogP) is 4.38. The van der Waals surface area contributed by atoms with E-state index in [2.05, 4.69) is 18.8 Å². The SMILES string of the molecule is CC(C)C1CCc2c(-c3ccc(F)cc3F)ccnc2O1. The molecule has 0 fully saturated rings. The predicted molar refractivity (Wildman–Crippen MR) is 77.2 cm³/mol. The third kappa shape index (κ3) is 2.62. The van der Waals surface area contributed by atoms with Crippen LogP contribution in [0.1, 0.15) is 25.8 Å². The number of ether oxygens (including phenoxy) is 1. The highest BCUT2D eigenvalue weighted by Crippen LogP contribution is 2.36. The lowest BCUT2D eigenvalue weighted by Crippen LogP contribution is -2.28. The third-order valence-electron chi connectivity index (χ3n) is 3.92. The largest absolute Gasteiger partial charge is 0.474 e. The number of rotatable bonds is 2. The van der Waals surface area contributed by atoms with Gasteiger partial charge in [0.15, 0.2) is 0 Å². The first-order valence-electron chi connectivity index (χ1n) is 7.16. The minimum Gasteiger partial charge on any atom is -0.474 e. The fourth-order valence-corrected chi connectivity index (χ4v) is 2.73. The molecule has 21 heavy (non-hydrogen) atoms. The molecular formula is C17H17F2NO. The van der Waals surface area contributed by atoms with Gasteiger partial charge in [-0.1, -0.05) is 13.8 Å². The molecule has 110 valence electrons. The highest BCUT2D eigenvalue weighted by molar-refractivity contribution is 5.69. The molecule has 0 saturated heterocycles. The Labute approximate surface area is 122 Å². The van der Waals surface area contributed by atoms with E-state index in [1.165, 1.54) is 12.1 Å². The van der Waals surface area contributed by atoms with Gasteiger partial charge in [-0.3, -0.25) is 0 Å². The van der Waals surface area contributed by atoms with Crippen LogP contribution in [0.5, 0.6) is 5.88 Å². The summed E-state index contributed by atoms with van der Waals surface area (Å²) in [6.45, 7) is 4.22. The smallest absolute Gasteiger partial charge is 0.217 e. The number of halogens is 2. The minimum atomic E-state index is -0.574. The van der Waals surface area contributed by atoms with Crippen LogP contribution in [0.25, 0.3) is 11.1 Å². The van der Waals surface area contributed by atoms with E-state index >= 15 is 0 Å². The van der Waals surface area contributed by atoms with Crippen molar-refractivity contribution in [1.82, 2.24) is 4.98 Å². The number of benzene rings is 1. The van der Waals surface area contributed by atoms with Crippen LogP contribution in [0.4, 0.5) is 8.78 Å². The van der Waals surface area contributed by atoms with Crippen LogP contribution in [0, 0.1) is 17.6 Å². The van der Waals surface area contributed by atoms with Gasteiger partial charge in [0.1, 0.15) is 17.7 Å². The van der Waals surface area contributed by atoms with Crippen molar-refractivity contribution in [2.75, 3.05) is 0 Å². The number of hydrogen-bond donors (Lipinski definition) is 0. The summed E-state index contributed by atoms with van der Waals surface area (Å²) in [6.07, 6.45) is 3.42. The summed E-state index contributed by atoms with van der Waals surface area (Å²) in [7, 11) is 0. The number of hydrogen-bond acceptors (Lipinski definition) is 2. The zero-order valence-electron chi connectivity index (χ0n) is 12.1. The minimum absolute atomic E-state index is 0.137. The summed E-state index contributed by atoms with van der Waals surface area (Å²) < 4.78 is 33.0. The van der Waals surface area contributed by atoms with Gasteiger partial charge in [0.25, 0.3) is 0 Å². The van der Waals surface area contributed by atoms with E-state index in [-0.39, 0.29) is 6.10 Å². The molecule has 1 aromatic carbocycles. The number of nitrogens with zero attached hydrogens (tertiary/aromatic N) is 1. The molecule has 1 unspecified atom stereocenters. The molecule has 1 aliphatic heterocycles. The Morgan fingerprint density at radius 1 is 1.19 bits per heavy atom. The van der Waals surface area contributed by atoms with Crippen molar-refractivity contribution in [3.8, 4) is 17.0 Å². The van der Waals surface area contributed by atoms with Gasteiger partial charge >= 0.3 is 0 Å². The van der Waals surface area contributed by atoms with Crippen LogP contribution >= 0.6 is 0 Å². The van der Waals surface area contributed by atoms with Gasteiger partial charge in [0, 0.05) is 23.4 Å². The van der Waals surface area contributed by atoms with Crippen LogP contribution in [0.15, 0.2) is 30.5 Å². The van der Waals surface area contributed by atoms with E-state index in [1.54, 1.807) is 12.3 Å². The summed E-state index contributed by atoms with van der Waals surface area (Å²) in [4.78, 5) is 4.27. The maximum Gasteiger partial charge on any atom is 0.217 e. The fourth-order valence-electron chi connectivity index (χ4n) is 2.73. The van der Waals surface area contributed by atoms with Crippen molar-refractivity contribution < 1.29 is 13.5 Å². The van der Waals surface area contributed by atoms with E-state index in [1.807, 2.05) is 0 Å². The first-order valence-corrected chi connectivity index (χ1v) is 7.16. The van der Waals surface area contributed by atoms with Gasteiger partial charge in [-0.2, -0.15) is 0 Å². The second-order valence-corrected chi connectivity index (χ2v) is 5.71. The van der Waals surface area contributed by atoms with Crippen molar-refractivity contribution >= 4 is 0 Å². The van der Waals surface area contributed by atoms with Crippen molar-refractivity contribution in [3.63, 3.8) is 0 Å². The molecule has 3 rings (SSSR count). The standard InChI is InChI=1S/C17H17F2NO/c1-10(2)16-6-5-14-12(7-8-20-17(14)21-16)13-4-3-11(18)9-15(13)19/h3-4,7-10,16H,5-6H2,1-2H3. The average Bonchev–Trinajstić information content (AvgIpc) is 2.46. The number of aromatic nitrogens is 1. The molecule has 1 aliphatic rings. The highest BCUT2D eigenvalue weighted by Gasteiger charge is 2.26. The van der Waals surface area contributed by atoms with E-state index < -0.39 is 11.6 Å². The van der Waals surface area contributed by atoms with Crippen molar-refractivity contribution in [3.05, 3.63) is 47.7 Å². The lowest BCUT2D eigenvalue weighted by Gasteiger charge is -2.29. The first kappa shape index (κ1) is 14.0. The van der Waals surface area contributed by atoms with E-state index in [4.69, 9.17) is 4.74 Å². The highest BCUT2D eigenvalue weighted by atomic mass is 19.1. The van der Waals surface area contributed by atoms with Crippen LogP contribution in [-0.2, 0) is 6.42 Å². The van der Waals surface area contributed by atoms with Crippen LogP contribution < -0.4 is 4.74 Å². The average molecular weight is 289 g/mol. The number of fused-ring (bicyclic) bond motifs is 1. The molecule has 0 radical (unpaired) electrons. The maximum absolute atomic E-state index is 14.0. The lowest BCUT2D eigenvalue weighted by molar-refractivity contribution is 0.120. The van der Waals surface area contributed by atoms with Crippen molar-refractivity contribution in [1.29, 1.82) is 0 Å². The fraction of sp³-hybridized carbons (Fsp3) is 0.353. The second-order valence-electron chi connectivity index (χ2n) is 5.71. The Morgan fingerprint density at radius 3 is 2.71 bits per heavy atom. The zero-order chi connectivity index (χ0) is 15.0. The molecule has 1 aromatic heterocycles. The Balaban J connectivity index is 2.04. The third-order valence-corrected chi connectivity index (χ3v) is 3.92. The van der Waals surface area contributed by atoms with Gasteiger partial charge < -0.3 is 4.74 Å². The summed E-state index contributed by atoms with van der Waals surface area (Å²) in [5, 5.41) is 0. The molecule has 0 bridgehead atoms. The molecule has 4 heteroatoms. The first-order chi connectivity index (χ1) is 10.1. The molecule has 0 aliphatic carbocycles. The molecule has 0 amide bonds. The summed E-state index contributed by atoms with van der Waals surface area (Å²) in [5.74, 6) is -0.156. The second kappa shape index (κ2) is 5.43. The Bertz CT molecular complexity index is 670. The van der Waals surface area contributed by atoms with Gasteiger partial charge in [-0.05, 0) is 42.5 Å². The Morgan fingerprint density at radius 2 is 2.00 bits per heavy atom. The summed E-state index contributed by atoms with van der Waals surface area (Å²) >= 11 is 0. The topological polar surface area (TPSA) is 22.1 Å². The van der Waals surface area contributed by atoms with E-state index in [0.717, 1.165) is 30.0 Å². The Hall–Kier alpha value is -1.97. The van der Waals surface area contributed by atoms with E-state index in [0.29, 0.717) is 17.4 Å². The monoisotopic (exact) mass is 289 g/mol. The summed E-state index contributed by atoms with van der Waals surface area (Å²) in [6, 6.07) is 5.40. The van der Waals surface area contributed by atoms with Gasteiger partial charge in [-0.15, -0.1) is 0 Å². The normalized spacial score (nSPS) is 17.5. The molecule has 0 spiro atoms. The summed E-state index contributed by atoms with van der Waals surface area (Å²) in [5.41, 5.74) is 2.03. The van der Waals surface area contributed by atoms with Crippen LogP contribution in [-0.4, -0.2) is 11.1 Å². The molecule has 0 saturated carbocycles. The van der Waals surface area contributed by atoms with Crippen LogP contribution in [0.2, 0.25) is 0 Å². The van der Waals surface area contributed by atoms with Crippen molar-refractivity contribution in [2.24, 2.45) is 5.92 Å². The molecule has 1 atom stereocenters. The van der Waals surface area contributed by atoms with E-state index in [9.17, 15) is 8.78 Å². The lowest BCUT2D eigenvalue weighted by atomic mass is 9.92. The molecule has 0 N–H and O–H groups in total. The van der Waals surface area contributed by atoms with Gasteiger partial charge in [-0.25, -0.2) is 13.8 Å². The molecule has 2 nitrogen and oxygen atoms in total. The van der Waals surface area contributed by atoms with Crippen LogP contribution in [0.3, 0.4) is 0 Å². The zero-order valence-corrected chi connectivity index (χ0v) is 12.1. The quantitative estimate of drug-likeness (QED) is 0.818. The maximum atomic E-state index is 14.0. The van der Waals surface area contributed by atoms with Gasteiger partial charge in [0.2, 0.25) is 5.88 Å². The van der Waals surface area contributed by atoms with Crippen molar-refractivity contribution in [2.45, 2.75) is 32.8 Å². The molecule has 2 heterocycles. The Kier molecular flexibility index (Phi) is 3.62. The van der Waals surface area contributed by atoms with Gasteiger partial charge in [0.05, 0.1) is 0 Å².